The second-order valence-electron chi connectivity index (χ2n) is 5.09. The zero-order valence-corrected chi connectivity index (χ0v) is 14.2. The van der Waals surface area contributed by atoms with Crippen molar-refractivity contribution in [1.82, 2.24) is 9.97 Å². The predicted octanol–water partition coefficient (Wildman–Crippen LogP) is 3.31. The minimum Gasteiger partial charge on any atom is -0.493 e. The van der Waals surface area contributed by atoms with Crippen LogP contribution in [0.3, 0.4) is 0 Å². The fourth-order valence-corrected chi connectivity index (χ4v) is 2.25. The molecule has 0 radical (unpaired) electrons. The van der Waals surface area contributed by atoms with Crippen molar-refractivity contribution in [2.75, 3.05) is 37.9 Å². The molecule has 0 spiro atoms. The fourth-order valence-electron chi connectivity index (χ4n) is 2.02. The summed E-state index contributed by atoms with van der Waals surface area (Å²) in [6.07, 6.45) is 1.43. The molecule has 2 N–H and O–H groups in total. The lowest BCUT2D eigenvalue weighted by Crippen LogP contribution is -2.19. The lowest BCUT2D eigenvalue weighted by atomic mass is 10.2. The summed E-state index contributed by atoms with van der Waals surface area (Å²) in [5.74, 6) is 2.41. The van der Waals surface area contributed by atoms with Gasteiger partial charge in [-0.3, -0.25) is 0 Å². The number of para-hydroxylation sites is 2. The summed E-state index contributed by atoms with van der Waals surface area (Å²) < 4.78 is 11.1. The van der Waals surface area contributed by atoms with E-state index in [9.17, 15) is 0 Å². The highest BCUT2D eigenvalue weighted by atomic mass is 35.5. The van der Waals surface area contributed by atoms with Gasteiger partial charge in [-0.15, -0.1) is 0 Å². The molecular formula is C16H21ClN4O2. The molecule has 0 saturated heterocycles. The van der Waals surface area contributed by atoms with E-state index in [2.05, 4.69) is 27.5 Å². The Hall–Kier alpha value is -2.21. The van der Waals surface area contributed by atoms with Gasteiger partial charge in [-0.05, 0) is 12.1 Å². The van der Waals surface area contributed by atoms with Gasteiger partial charge in [0.2, 0.25) is 0 Å². The Balaban J connectivity index is 1.88. The van der Waals surface area contributed by atoms with Gasteiger partial charge in [0.1, 0.15) is 12.0 Å². The van der Waals surface area contributed by atoms with Gasteiger partial charge in [-0.2, -0.15) is 0 Å². The normalized spacial score (nSPS) is 11.7. The first-order valence-corrected chi connectivity index (χ1v) is 7.71. The van der Waals surface area contributed by atoms with Crippen LogP contribution in [0.5, 0.6) is 11.5 Å². The van der Waals surface area contributed by atoms with Crippen LogP contribution in [0.2, 0.25) is 5.15 Å². The number of nitrogens with zero attached hydrogens (tertiary/aromatic N) is 2. The third kappa shape index (κ3) is 4.63. The van der Waals surface area contributed by atoms with Crippen molar-refractivity contribution in [1.29, 1.82) is 0 Å². The van der Waals surface area contributed by atoms with Crippen LogP contribution >= 0.6 is 11.6 Å². The third-order valence-corrected chi connectivity index (χ3v) is 3.55. The van der Waals surface area contributed by atoms with Crippen LogP contribution in [0.4, 0.5) is 11.5 Å². The molecule has 1 aromatic heterocycles. The van der Waals surface area contributed by atoms with Gasteiger partial charge in [-0.25, -0.2) is 9.97 Å². The number of benzene rings is 1. The van der Waals surface area contributed by atoms with Crippen LogP contribution in [0.1, 0.15) is 6.92 Å². The molecule has 7 heteroatoms. The van der Waals surface area contributed by atoms with E-state index in [1.165, 1.54) is 6.33 Å². The van der Waals surface area contributed by atoms with E-state index in [-0.39, 0.29) is 5.92 Å². The molecule has 1 atom stereocenters. The molecule has 2 aromatic rings. The number of rotatable bonds is 8. The van der Waals surface area contributed by atoms with E-state index in [1.54, 1.807) is 14.2 Å². The topological polar surface area (TPSA) is 68.3 Å². The molecule has 0 aliphatic carbocycles. The Morgan fingerprint density at radius 1 is 1.22 bits per heavy atom. The van der Waals surface area contributed by atoms with Gasteiger partial charge < -0.3 is 20.1 Å². The van der Waals surface area contributed by atoms with E-state index in [1.807, 2.05) is 24.3 Å². The molecule has 0 fully saturated rings. The van der Waals surface area contributed by atoms with Crippen LogP contribution < -0.4 is 20.1 Å². The van der Waals surface area contributed by atoms with Gasteiger partial charge >= 0.3 is 0 Å². The maximum atomic E-state index is 6.03. The Labute approximate surface area is 141 Å². The summed E-state index contributed by atoms with van der Waals surface area (Å²) in [6.45, 7) is 3.34. The Bertz CT molecular complexity index is 639. The number of methoxy groups -OCH3 is 1. The quantitative estimate of drug-likeness (QED) is 0.721. The number of ether oxygens (including phenoxy) is 2. The molecular weight excluding hydrogens is 316 g/mol. The molecule has 0 bridgehead atoms. The van der Waals surface area contributed by atoms with Crippen LogP contribution in [0, 0.1) is 5.92 Å². The molecule has 0 aliphatic rings. The first-order valence-electron chi connectivity index (χ1n) is 7.33. The number of nitrogens with one attached hydrogen (secondary N) is 2. The number of anilines is 2. The number of hydrogen-bond donors (Lipinski definition) is 2. The summed E-state index contributed by atoms with van der Waals surface area (Å²) in [7, 11) is 3.41. The van der Waals surface area contributed by atoms with Crippen molar-refractivity contribution in [3.05, 3.63) is 35.7 Å². The zero-order chi connectivity index (χ0) is 16.7. The van der Waals surface area contributed by atoms with Crippen LogP contribution in [-0.4, -0.2) is 37.3 Å². The molecule has 1 aromatic carbocycles. The smallest absolute Gasteiger partial charge is 0.161 e. The molecule has 1 heterocycles. The highest BCUT2D eigenvalue weighted by molar-refractivity contribution is 6.32. The average molecular weight is 337 g/mol. The van der Waals surface area contributed by atoms with Crippen molar-refractivity contribution in [3.8, 4) is 11.5 Å². The molecule has 0 aliphatic heterocycles. The summed E-state index contributed by atoms with van der Waals surface area (Å²) in [6, 6.07) is 7.60. The molecule has 124 valence electrons. The van der Waals surface area contributed by atoms with Gasteiger partial charge in [0, 0.05) is 19.5 Å². The second kappa shape index (κ2) is 8.43. The lowest BCUT2D eigenvalue weighted by molar-refractivity contribution is 0.253. The second-order valence-corrected chi connectivity index (χ2v) is 5.44. The summed E-state index contributed by atoms with van der Waals surface area (Å²) in [5, 5.41) is 6.65. The number of halogens is 1. The molecule has 0 amide bonds. The van der Waals surface area contributed by atoms with Crippen LogP contribution in [-0.2, 0) is 0 Å². The van der Waals surface area contributed by atoms with Crippen molar-refractivity contribution in [2.24, 2.45) is 5.92 Å². The zero-order valence-electron chi connectivity index (χ0n) is 13.5. The fraction of sp³-hybridized carbons (Fsp3) is 0.375. The Kier molecular flexibility index (Phi) is 6.29. The first-order chi connectivity index (χ1) is 11.2. The van der Waals surface area contributed by atoms with Crippen LogP contribution in [0.25, 0.3) is 0 Å². The molecule has 2 rings (SSSR count). The molecule has 23 heavy (non-hydrogen) atoms. The van der Waals surface area contributed by atoms with Gasteiger partial charge in [-0.1, -0.05) is 30.7 Å². The standard InChI is InChI=1S/C16H21ClN4O2/c1-11(9-23-13-7-5-4-6-12(13)22-3)8-19-16-14(18-2)15(17)20-10-21-16/h4-7,10-11,18H,8-9H2,1-3H3,(H,19,20,21). The Morgan fingerprint density at radius 3 is 2.65 bits per heavy atom. The van der Waals surface area contributed by atoms with Crippen molar-refractivity contribution < 1.29 is 9.47 Å². The summed E-state index contributed by atoms with van der Waals surface area (Å²) in [4.78, 5) is 8.14. The van der Waals surface area contributed by atoms with Crippen LogP contribution in [0.15, 0.2) is 30.6 Å². The predicted molar refractivity (Wildman–Crippen MR) is 92.7 cm³/mol. The van der Waals surface area contributed by atoms with E-state index in [0.29, 0.717) is 29.8 Å². The van der Waals surface area contributed by atoms with E-state index in [4.69, 9.17) is 21.1 Å². The monoisotopic (exact) mass is 336 g/mol. The molecule has 6 nitrogen and oxygen atoms in total. The van der Waals surface area contributed by atoms with Gasteiger partial charge in [0.05, 0.1) is 13.7 Å². The van der Waals surface area contributed by atoms with Crippen molar-refractivity contribution in [2.45, 2.75) is 6.92 Å². The minimum atomic E-state index is 0.262. The maximum absolute atomic E-state index is 6.03. The van der Waals surface area contributed by atoms with Gasteiger partial charge in [0.25, 0.3) is 0 Å². The summed E-state index contributed by atoms with van der Waals surface area (Å²) >= 11 is 6.03. The number of aromatic nitrogens is 2. The van der Waals surface area contributed by atoms with Crippen molar-refractivity contribution in [3.63, 3.8) is 0 Å². The SMILES string of the molecule is CNc1c(Cl)ncnc1NCC(C)COc1ccccc1OC. The Morgan fingerprint density at radius 2 is 1.96 bits per heavy atom. The highest BCUT2D eigenvalue weighted by Gasteiger charge is 2.11. The van der Waals surface area contributed by atoms with E-state index < -0.39 is 0 Å². The summed E-state index contributed by atoms with van der Waals surface area (Å²) in [5.41, 5.74) is 0.687. The van der Waals surface area contributed by atoms with Gasteiger partial charge in [0.15, 0.2) is 22.5 Å². The average Bonchev–Trinajstić information content (AvgIpc) is 2.58. The minimum absolute atomic E-state index is 0.262. The lowest BCUT2D eigenvalue weighted by Gasteiger charge is -2.17. The maximum Gasteiger partial charge on any atom is 0.161 e. The molecule has 1 unspecified atom stereocenters. The van der Waals surface area contributed by atoms with E-state index >= 15 is 0 Å². The first kappa shape index (κ1) is 17.1. The number of hydrogen-bond acceptors (Lipinski definition) is 6. The van der Waals surface area contributed by atoms with Crippen molar-refractivity contribution >= 4 is 23.1 Å². The molecule has 0 saturated carbocycles. The largest absolute Gasteiger partial charge is 0.493 e. The van der Waals surface area contributed by atoms with E-state index in [0.717, 1.165) is 11.5 Å². The highest BCUT2D eigenvalue weighted by Crippen LogP contribution is 2.27. The third-order valence-electron chi connectivity index (χ3n) is 3.26.